The van der Waals surface area contributed by atoms with E-state index in [1.807, 2.05) is 44.2 Å². The lowest BCUT2D eigenvalue weighted by atomic mass is 9.96. The topological polar surface area (TPSA) is 94.1 Å². The number of aliphatic hydroxyl groups excluding tert-OH is 1. The molecule has 2 N–H and O–H groups in total. The molecular formula is C21H25NO6S. The SMILES string of the molecule is Cc1ccc(S(=O)(=O)O[C@@H]2[C@@H]3OC[C@@H](O3)[C@@H](N[C@@H](C)c3ccccc3)[C@@H]2O)cc1. The van der Waals surface area contributed by atoms with Crippen molar-refractivity contribution < 1.29 is 27.2 Å². The molecule has 2 bridgehead atoms. The third-order valence-corrected chi connectivity index (χ3v) is 6.72. The molecule has 156 valence electrons. The Kier molecular flexibility index (Phi) is 5.74. The van der Waals surface area contributed by atoms with Crippen molar-refractivity contribution in [2.24, 2.45) is 0 Å². The third kappa shape index (κ3) is 4.23. The summed E-state index contributed by atoms with van der Waals surface area (Å²) < 4.78 is 42.2. The van der Waals surface area contributed by atoms with Gasteiger partial charge in [0.1, 0.15) is 12.2 Å². The molecule has 0 radical (unpaired) electrons. The van der Waals surface area contributed by atoms with Gasteiger partial charge >= 0.3 is 0 Å². The highest BCUT2D eigenvalue weighted by Crippen LogP contribution is 2.33. The number of rotatable bonds is 6. The van der Waals surface area contributed by atoms with Gasteiger partial charge in [0.05, 0.1) is 17.5 Å². The third-order valence-electron chi connectivity index (χ3n) is 5.40. The van der Waals surface area contributed by atoms with Crippen molar-refractivity contribution in [1.82, 2.24) is 5.32 Å². The highest BCUT2D eigenvalue weighted by Gasteiger charge is 2.52. The number of aryl methyl sites for hydroxylation is 1. The van der Waals surface area contributed by atoms with E-state index in [1.54, 1.807) is 12.1 Å². The minimum Gasteiger partial charge on any atom is -0.388 e. The Hall–Kier alpha value is -1.81. The molecule has 4 rings (SSSR count). The van der Waals surface area contributed by atoms with Gasteiger partial charge in [-0.15, -0.1) is 0 Å². The van der Waals surface area contributed by atoms with Gasteiger partial charge in [-0.25, -0.2) is 0 Å². The maximum Gasteiger partial charge on any atom is 0.297 e. The number of aliphatic hydroxyl groups is 1. The minimum absolute atomic E-state index is 0.0255. The first-order valence-corrected chi connectivity index (χ1v) is 11.0. The van der Waals surface area contributed by atoms with Gasteiger partial charge in [-0.1, -0.05) is 48.0 Å². The Morgan fingerprint density at radius 3 is 2.52 bits per heavy atom. The zero-order chi connectivity index (χ0) is 20.6. The number of nitrogens with one attached hydrogen (secondary N) is 1. The summed E-state index contributed by atoms with van der Waals surface area (Å²) in [6.45, 7) is 4.10. The average Bonchev–Trinajstić information content (AvgIpc) is 3.16. The normalized spacial score (nSPS) is 30.2. The molecule has 2 aromatic carbocycles. The van der Waals surface area contributed by atoms with Crippen molar-refractivity contribution in [1.29, 1.82) is 0 Å². The lowest BCUT2D eigenvalue weighted by Gasteiger charge is -2.39. The second kappa shape index (κ2) is 8.14. The summed E-state index contributed by atoms with van der Waals surface area (Å²) in [7, 11) is -4.09. The quantitative estimate of drug-likeness (QED) is 0.691. The zero-order valence-corrected chi connectivity index (χ0v) is 17.1. The smallest absolute Gasteiger partial charge is 0.297 e. The van der Waals surface area contributed by atoms with Crippen molar-refractivity contribution in [2.45, 2.75) is 55.4 Å². The molecule has 0 aliphatic carbocycles. The molecule has 0 spiro atoms. The second-order valence-electron chi connectivity index (χ2n) is 7.52. The van der Waals surface area contributed by atoms with Crippen molar-refractivity contribution in [3.8, 4) is 0 Å². The van der Waals surface area contributed by atoms with Crippen molar-refractivity contribution >= 4 is 10.1 Å². The fourth-order valence-corrected chi connectivity index (χ4v) is 4.81. The van der Waals surface area contributed by atoms with Gasteiger partial charge in [-0.05, 0) is 31.5 Å². The van der Waals surface area contributed by atoms with E-state index < -0.39 is 34.7 Å². The second-order valence-corrected chi connectivity index (χ2v) is 9.09. The van der Waals surface area contributed by atoms with Gasteiger partial charge in [-0.3, -0.25) is 4.18 Å². The molecule has 0 amide bonds. The minimum atomic E-state index is -4.09. The predicted molar refractivity (Wildman–Crippen MR) is 106 cm³/mol. The first-order valence-electron chi connectivity index (χ1n) is 9.61. The van der Waals surface area contributed by atoms with E-state index in [-0.39, 0.29) is 23.6 Å². The molecule has 0 unspecified atom stereocenters. The molecular weight excluding hydrogens is 394 g/mol. The average molecular weight is 419 g/mol. The van der Waals surface area contributed by atoms with Crippen LogP contribution in [0, 0.1) is 6.92 Å². The van der Waals surface area contributed by atoms with Gasteiger partial charge < -0.3 is 19.9 Å². The standard InChI is InChI=1S/C21H25NO6S/c1-13-8-10-16(11-9-13)29(24,25)28-20-19(23)18(17-12-26-21(20)27-17)22-14(2)15-6-4-3-5-7-15/h3-11,14,17-23H,12H2,1-2H3/t14-,17+,18+,19-,20-,21+/m0/s1. The van der Waals surface area contributed by atoms with Crippen LogP contribution in [0.3, 0.4) is 0 Å². The highest BCUT2D eigenvalue weighted by atomic mass is 32.2. The number of hydrogen-bond donors (Lipinski definition) is 2. The summed E-state index contributed by atoms with van der Waals surface area (Å²) in [6.07, 6.45) is -3.60. The van der Waals surface area contributed by atoms with E-state index >= 15 is 0 Å². The van der Waals surface area contributed by atoms with E-state index in [9.17, 15) is 13.5 Å². The molecule has 2 fully saturated rings. The summed E-state index contributed by atoms with van der Waals surface area (Å²) in [6, 6.07) is 15.5. The summed E-state index contributed by atoms with van der Waals surface area (Å²) in [4.78, 5) is 0.0255. The van der Waals surface area contributed by atoms with Gasteiger partial charge in [0.15, 0.2) is 12.4 Å². The number of benzene rings is 2. The fraction of sp³-hybridized carbons (Fsp3) is 0.429. The van der Waals surface area contributed by atoms with Crippen LogP contribution in [-0.4, -0.2) is 50.8 Å². The van der Waals surface area contributed by atoms with Gasteiger partial charge in [0.25, 0.3) is 10.1 Å². The fourth-order valence-electron chi connectivity index (χ4n) is 3.73. The Bertz CT molecular complexity index is 933. The monoisotopic (exact) mass is 419 g/mol. The largest absolute Gasteiger partial charge is 0.388 e. The Morgan fingerprint density at radius 1 is 1.14 bits per heavy atom. The van der Waals surface area contributed by atoms with Gasteiger partial charge in [0, 0.05) is 6.04 Å². The lowest BCUT2D eigenvalue weighted by Crippen LogP contribution is -2.60. The van der Waals surface area contributed by atoms with Gasteiger partial charge in [-0.2, -0.15) is 8.42 Å². The van der Waals surface area contributed by atoms with Crippen LogP contribution in [-0.2, 0) is 23.8 Å². The first kappa shape index (κ1) is 20.5. The van der Waals surface area contributed by atoms with Crippen molar-refractivity contribution in [2.75, 3.05) is 6.61 Å². The van der Waals surface area contributed by atoms with Crippen LogP contribution < -0.4 is 5.32 Å². The molecule has 2 aliphatic heterocycles. The van der Waals surface area contributed by atoms with Crippen LogP contribution in [0.2, 0.25) is 0 Å². The van der Waals surface area contributed by atoms with Crippen molar-refractivity contribution in [3.05, 3.63) is 65.7 Å². The predicted octanol–water partition coefficient (Wildman–Crippen LogP) is 1.90. The summed E-state index contributed by atoms with van der Waals surface area (Å²) in [5.41, 5.74) is 1.98. The van der Waals surface area contributed by atoms with E-state index in [2.05, 4.69) is 5.32 Å². The Labute approximate surface area is 170 Å². The van der Waals surface area contributed by atoms with Crippen molar-refractivity contribution in [3.63, 3.8) is 0 Å². The molecule has 2 heterocycles. The number of ether oxygens (including phenoxy) is 2. The van der Waals surface area contributed by atoms with E-state index in [1.165, 1.54) is 12.1 Å². The van der Waals surface area contributed by atoms with Crippen LogP contribution in [0.1, 0.15) is 24.1 Å². The molecule has 29 heavy (non-hydrogen) atoms. The highest BCUT2D eigenvalue weighted by molar-refractivity contribution is 7.86. The molecule has 7 nitrogen and oxygen atoms in total. The van der Waals surface area contributed by atoms with Crippen LogP contribution in [0.4, 0.5) is 0 Å². The molecule has 2 aromatic rings. The Balaban J connectivity index is 1.52. The molecule has 2 aliphatic rings. The van der Waals surface area contributed by atoms with Crippen LogP contribution in [0.25, 0.3) is 0 Å². The molecule has 8 heteroatoms. The number of hydrogen-bond acceptors (Lipinski definition) is 7. The maximum atomic E-state index is 12.7. The van der Waals surface area contributed by atoms with E-state index in [0.29, 0.717) is 0 Å². The number of fused-ring (bicyclic) bond motifs is 2. The van der Waals surface area contributed by atoms with Crippen LogP contribution in [0.5, 0.6) is 0 Å². The van der Waals surface area contributed by atoms with Crippen LogP contribution in [0.15, 0.2) is 59.5 Å². The first-order chi connectivity index (χ1) is 13.8. The summed E-state index contributed by atoms with van der Waals surface area (Å²) >= 11 is 0. The van der Waals surface area contributed by atoms with E-state index in [0.717, 1.165) is 11.1 Å². The molecule has 0 aromatic heterocycles. The Morgan fingerprint density at radius 2 is 1.83 bits per heavy atom. The zero-order valence-electron chi connectivity index (χ0n) is 16.3. The van der Waals surface area contributed by atoms with Gasteiger partial charge in [0.2, 0.25) is 0 Å². The molecule has 0 saturated carbocycles. The molecule has 2 saturated heterocycles. The molecule has 6 atom stereocenters. The maximum absolute atomic E-state index is 12.7. The summed E-state index contributed by atoms with van der Waals surface area (Å²) in [5, 5.41) is 14.3. The van der Waals surface area contributed by atoms with Crippen LogP contribution >= 0.6 is 0 Å². The van der Waals surface area contributed by atoms with E-state index in [4.69, 9.17) is 13.7 Å². The lowest BCUT2D eigenvalue weighted by molar-refractivity contribution is -0.193. The summed E-state index contributed by atoms with van der Waals surface area (Å²) in [5.74, 6) is 0.